The number of ether oxygens (including phenoxy) is 1. The Morgan fingerprint density at radius 1 is 1.22 bits per heavy atom. The van der Waals surface area contributed by atoms with Crippen LogP contribution in [0.5, 0.6) is 5.75 Å². The number of hydrogen-bond donors (Lipinski definition) is 3. The number of fused-ring (bicyclic) bond motifs is 1. The van der Waals surface area contributed by atoms with Gasteiger partial charge in [0.1, 0.15) is 18.2 Å². The van der Waals surface area contributed by atoms with E-state index in [4.69, 9.17) is 9.15 Å². The van der Waals surface area contributed by atoms with Gasteiger partial charge >= 0.3 is 0 Å². The number of nitrogens with one attached hydrogen (secondary N) is 2. The average molecular weight is 492 g/mol. The summed E-state index contributed by atoms with van der Waals surface area (Å²) in [6.07, 6.45) is 6.60. The van der Waals surface area contributed by atoms with Gasteiger partial charge in [0, 0.05) is 44.0 Å². The van der Waals surface area contributed by atoms with Gasteiger partial charge in [0.15, 0.2) is 12.2 Å². The van der Waals surface area contributed by atoms with Gasteiger partial charge in [0.2, 0.25) is 0 Å². The number of aliphatic hydroxyl groups is 1. The number of carbonyl (C=O) groups excluding carboxylic acids is 1. The molecule has 5 rings (SSSR count). The minimum Gasteiger partial charge on any atom is -0.486 e. The van der Waals surface area contributed by atoms with E-state index < -0.39 is 6.10 Å². The zero-order valence-corrected chi connectivity index (χ0v) is 20.6. The highest BCUT2D eigenvalue weighted by molar-refractivity contribution is 5.94. The number of aryl methyl sites for hydroxylation is 1. The fourth-order valence-electron chi connectivity index (χ4n) is 4.79. The van der Waals surface area contributed by atoms with Gasteiger partial charge in [-0.3, -0.25) is 4.79 Å². The topological polar surface area (TPSA) is 113 Å². The molecule has 2 aliphatic heterocycles. The largest absolute Gasteiger partial charge is 0.486 e. The summed E-state index contributed by atoms with van der Waals surface area (Å²) in [5.41, 5.74) is 3.68. The summed E-state index contributed by atoms with van der Waals surface area (Å²) >= 11 is 0. The second-order valence-electron chi connectivity index (χ2n) is 9.50. The van der Waals surface area contributed by atoms with Crippen molar-refractivity contribution in [3.05, 3.63) is 71.1 Å². The number of anilines is 1. The lowest BCUT2D eigenvalue weighted by molar-refractivity contribution is 0.0869. The number of aliphatic hydroxyl groups excluding tert-OH is 1. The molecule has 3 aromatic rings. The van der Waals surface area contributed by atoms with Crippen LogP contribution < -0.4 is 20.3 Å². The summed E-state index contributed by atoms with van der Waals surface area (Å²) in [6, 6.07) is 9.39. The smallest absolute Gasteiger partial charge is 0.251 e. The zero-order valence-electron chi connectivity index (χ0n) is 20.6. The Bertz CT molecular complexity index is 1190. The van der Waals surface area contributed by atoms with Crippen LogP contribution in [0.2, 0.25) is 0 Å². The molecule has 9 nitrogen and oxygen atoms in total. The molecule has 9 heteroatoms. The molecule has 190 valence electrons. The van der Waals surface area contributed by atoms with Gasteiger partial charge in [0.25, 0.3) is 5.91 Å². The third kappa shape index (κ3) is 5.68. The van der Waals surface area contributed by atoms with E-state index in [0.717, 1.165) is 54.3 Å². The number of carbonyl (C=O) groups is 1. The Hall–Kier alpha value is -3.43. The number of benzene rings is 1. The molecule has 1 aromatic carbocycles. The zero-order chi connectivity index (χ0) is 24.9. The number of oxazole rings is 1. The molecule has 2 aliphatic rings. The van der Waals surface area contributed by atoms with Crippen molar-refractivity contribution in [2.24, 2.45) is 0 Å². The standard InChI is InChI=1S/C27H33N5O4/c1-18-25(36-17-31-18)16-35-22-6-5-19-12-23(29-14-21(19)11-22)24(33)15-30-27(34)20-7-8-28-26(13-20)32-9-3-2-4-10-32/h5-8,11,13,17,23-24,29,33H,2-4,9-10,12,14-16H2,1H3,(H,30,34)/t23-,24+/m0/s1. The van der Waals surface area contributed by atoms with E-state index in [1.807, 2.05) is 31.2 Å². The van der Waals surface area contributed by atoms with Gasteiger partial charge in [-0.15, -0.1) is 0 Å². The Morgan fingerprint density at radius 2 is 2.08 bits per heavy atom. The van der Waals surface area contributed by atoms with Gasteiger partial charge in [-0.25, -0.2) is 9.97 Å². The van der Waals surface area contributed by atoms with E-state index in [0.29, 0.717) is 30.9 Å². The summed E-state index contributed by atoms with van der Waals surface area (Å²) in [4.78, 5) is 23.5. The second kappa shape index (κ2) is 11.1. The van der Waals surface area contributed by atoms with Crippen LogP contribution in [0.15, 0.2) is 47.3 Å². The molecule has 3 N–H and O–H groups in total. The Kier molecular flexibility index (Phi) is 7.48. The minimum absolute atomic E-state index is 0.150. The second-order valence-corrected chi connectivity index (χ2v) is 9.50. The van der Waals surface area contributed by atoms with E-state index in [1.54, 1.807) is 12.3 Å². The molecule has 1 fully saturated rings. The predicted octanol–water partition coefficient (Wildman–Crippen LogP) is 2.75. The molecule has 0 radical (unpaired) electrons. The number of piperidine rings is 1. The predicted molar refractivity (Wildman–Crippen MR) is 135 cm³/mol. The number of rotatable bonds is 8. The highest BCUT2D eigenvalue weighted by Crippen LogP contribution is 2.24. The summed E-state index contributed by atoms with van der Waals surface area (Å²) in [6.45, 7) is 4.95. The summed E-state index contributed by atoms with van der Waals surface area (Å²) < 4.78 is 11.2. The van der Waals surface area contributed by atoms with Gasteiger partial charge in [-0.1, -0.05) is 6.07 Å². The first-order valence-electron chi connectivity index (χ1n) is 12.6. The molecule has 36 heavy (non-hydrogen) atoms. The Balaban J connectivity index is 1.13. The van der Waals surface area contributed by atoms with Crippen molar-refractivity contribution in [1.29, 1.82) is 0 Å². The van der Waals surface area contributed by atoms with Crippen LogP contribution in [-0.2, 0) is 19.6 Å². The number of amides is 1. The van der Waals surface area contributed by atoms with Gasteiger partial charge in [0.05, 0.1) is 11.8 Å². The van der Waals surface area contributed by atoms with Crippen LogP contribution in [0.3, 0.4) is 0 Å². The SMILES string of the molecule is Cc1ncoc1COc1ccc2c(c1)CN[C@H]([C@H](O)CNC(=O)c1ccnc(N3CCCCC3)c1)C2. The van der Waals surface area contributed by atoms with Crippen LogP contribution in [0, 0.1) is 6.92 Å². The van der Waals surface area contributed by atoms with Crippen LogP contribution in [-0.4, -0.2) is 52.8 Å². The lowest BCUT2D eigenvalue weighted by Crippen LogP contribution is -2.49. The van der Waals surface area contributed by atoms with Crippen LogP contribution in [0.4, 0.5) is 5.82 Å². The number of pyridine rings is 1. The molecule has 1 amide bonds. The van der Waals surface area contributed by atoms with Gasteiger partial charge in [-0.05, 0) is 68.0 Å². The summed E-state index contributed by atoms with van der Waals surface area (Å²) in [5, 5.41) is 17.1. The van der Waals surface area contributed by atoms with Crippen molar-refractivity contribution in [3.8, 4) is 5.75 Å². The summed E-state index contributed by atoms with van der Waals surface area (Å²) in [7, 11) is 0. The molecule has 0 aliphatic carbocycles. The van der Waals surface area contributed by atoms with E-state index in [-0.39, 0.29) is 18.5 Å². The quantitative estimate of drug-likeness (QED) is 0.441. The fourth-order valence-corrected chi connectivity index (χ4v) is 4.79. The van der Waals surface area contributed by atoms with Gasteiger partial charge in [-0.2, -0.15) is 0 Å². The molecule has 2 atom stereocenters. The normalized spacial score (nSPS) is 18.4. The highest BCUT2D eigenvalue weighted by Gasteiger charge is 2.25. The molecule has 4 heterocycles. The van der Waals surface area contributed by atoms with Crippen molar-refractivity contribution in [1.82, 2.24) is 20.6 Å². The molecule has 0 saturated carbocycles. The molecule has 0 unspecified atom stereocenters. The minimum atomic E-state index is -0.712. The van der Waals surface area contributed by atoms with E-state index in [1.165, 1.54) is 12.8 Å². The first-order chi connectivity index (χ1) is 17.6. The maximum atomic E-state index is 12.8. The molecule has 1 saturated heterocycles. The Morgan fingerprint density at radius 3 is 2.89 bits per heavy atom. The van der Waals surface area contributed by atoms with Crippen LogP contribution in [0.25, 0.3) is 0 Å². The van der Waals surface area contributed by atoms with Crippen molar-refractivity contribution < 1.29 is 19.1 Å². The molecular formula is C27H33N5O4. The third-order valence-corrected chi connectivity index (χ3v) is 7.01. The molecule has 2 aromatic heterocycles. The third-order valence-electron chi connectivity index (χ3n) is 7.01. The lowest BCUT2D eigenvalue weighted by atomic mass is 9.92. The molecule has 0 spiro atoms. The summed E-state index contributed by atoms with van der Waals surface area (Å²) in [5.74, 6) is 2.12. The van der Waals surface area contributed by atoms with Crippen LogP contribution in [0.1, 0.15) is 52.2 Å². The van der Waals surface area contributed by atoms with E-state index >= 15 is 0 Å². The first kappa shape index (κ1) is 24.3. The maximum Gasteiger partial charge on any atom is 0.251 e. The molecule has 0 bridgehead atoms. The lowest BCUT2D eigenvalue weighted by Gasteiger charge is -2.30. The fraction of sp³-hybridized carbons (Fsp3) is 0.444. The monoisotopic (exact) mass is 491 g/mol. The van der Waals surface area contributed by atoms with E-state index in [2.05, 4.69) is 25.5 Å². The van der Waals surface area contributed by atoms with Crippen molar-refractivity contribution in [3.63, 3.8) is 0 Å². The number of hydrogen-bond acceptors (Lipinski definition) is 8. The van der Waals surface area contributed by atoms with Crippen molar-refractivity contribution in [2.45, 2.75) is 57.9 Å². The maximum absolute atomic E-state index is 12.8. The Labute approximate surface area is 210 Å². The van der Waals surface area contributed by atoms with Crippen molar-refractivity contribution >= 4 is 11.7 Å². The number of nitrogens with zero attached hydrogens (tertiary/aromatic N) is 3. The first-order valence-corrected chi connectivity index (χ1v) is 12.6. The van der Waals surface area contributed by atoms with E-state index in [9.17, 15) is 9.90 Å². The van der Waals surface area contributed by atoms with Crippen molar-refractivity contribution in [2.75, 3.05) is 24.5 Å². The average Bonchev–Trinajstić information content (AvgIpc) is 3.35. The number of aromatic nitrogens is 2. The van der Waals surface area contributed by atoms with Gasteiger partial charge < -0.3 is 29.8 Å². The van der Waals surface area contributed by atoms with Crippen LogP contribution >= 0.6 is 0 Å². The molecular weight excluding hydrogens is 458 g/mol. The highest BCUT2D eigenvalue weighted by atomic mass is 16.5.